The second kappa shape index (κ2) is 5.16. The Kier molecular flexibility index (Phi) is 3.86. The smallest absolute Gasteiger partial charge is 0.398 e. The summed E-state index contributed by atoms with van der Waals surface area (Å²) in [6.07, 6.45) is -2.91. The Hall–Kier alpha value is -1.43. The molecule has 1 fully saturated rings. The van der Waals surface area contributed by atoms with Crippen LogP contribution in [0.5, 0.6) is 0 Å². The molecule has 1 saturated heterocycles. The molecule has 2 rings (SSSR count). The molecule has 0 bridgehead atoms. The predicted molar refractivity (Wildman–Crippen MR) is 72.5 cm³/mol. The van der Waals surface area contributed by atoms with Crippen LogP contribution >= 0.6 is 0 Å². The third-order valence-electron chi connectivity index (χ3n) is 3.43. The van der Waals surface area contributed by atoms with Gasteiger partial charge in [-0.05, 0) is 44.9 Å². The van der Waals surface area contributed by atoms with Crippen molar-refractivity contribution in [2.75, 3.05) is 17.7 Å². The zero-order valence-electron chi connectivity index (χ0n) is 11.6. The maximum Gasteiger partial charge on any atom is 0.418 e. The van der Waals surface area contributed by atoms with E-state index in [2.05, 4.69) is 5.32 Å². The Labute approximate surface area is 116 Å². The lowest BCUT2D eigenvalue weighted by atomic mass is 9.93. The quantitative estimate of drug-likeness (QED) is 0.816. The number of hydrogen-bond acceptors (Lipinski definition) is 3. The Morgan fingerprint density at radius 2 is 2.05 bits per heavy atom. The first-order valence-corrected chi connectivity index (χ1v) is 6.55. The van der Waals surface area contributed by atoms with Gasteiger partial charge in [-0.2, -0.15) is 13.2 Å². The van der Waals surface area contributed by atoms with E-state index < -0.39 is 11.7 Å². The lowest BCUT2D eigenvalue weighted by Crippen LogP contribution is -2.40. The summed E-state index contributed by atoms with van der Waals surface area (Å²) in [7, 11) is 0. The van der Waals surface area contributed by atoms with E-state index in [0.717, 1.165) is 18.9 Å². The number of benzene rings is 1. The molecule has 20 heavy (non-hydrogen) atoms. The second-order valence-corrected chi connectivity index (χ2v) is 5.74. The third kappa shape index (κ3) is 3.56. The number of alkyl halides is 3. The number of halogens is 3. The molecule has 0 radical (unpaired) electrons. The third-order valence-corrected chi connectivity index (χ3v) is 3.43. The summed E-state index contributed by atoms with van der Waals surface area (Å²) in [6, 6.07) is 4.03. The van der Waals surface area contributed by atoms with Crippen molar-refractivity contribution >= 4 is 11.4 Å². The van der Waals surface area contributed by atoms with Gasteiger partial charge in [-0.3, -0.25) is 0 Å². The van der Waals surface area contributed by atoms with Gasteiger partial charge in [0.15, 0.2) is 0 Å². The van der Waals surface area contributed by atoms with Crippen molar-refractivity contribution in [2.24, 2.45) is 0 Å². The van der Waals surface area contributed by atoms with Gasteiger partial charge in [-0.1, -0.05) is 0 Å². The summed E-state index contributed by atoms with van der Waals surface area (Å²) in [4.78, 5) is 0. The van der Waals surface area contributed by atoms with Gasteiger partial charge in [-0.25, -0.2) is 0 Å². The lowest BCUT2D eigenvalue weighted by Gasteiger charge is -2.36. The van der Waals surface area contributed by atoms with E-state index in [4.69, 9.17) is 10.5 Å². The van der Waals surface area contributed by atoms with E-state index in [1.54, 1.807) is 6.07 Å². The first-order chi connectivity index (χ1) is 9.17. The van der Waals surface area contributed by atoms with E-state index in [1.807, 2.05) is 13.8 Å². The predicted octanol–water partition coefficient (Wildman–Crippen LogP) is 3.66. The van der Waals surface area contributed by atoms with Crippen LogP contribution in [0.15, 0.2) is 18.2 Å². The average Bonchev–Trinajstić information content (AvgIpc) is 2.29. The number of nitrogen functional groups attached to an aromatic ring is 1. The van der Waals surface area contributed by atoms with E-state index >= 15 is 0 Å². The molecule has 0 saturated carbocycles. The summed E-state index contributed by atoms with van der Waals surface area (Å²) < 4.78 is 44.0. The molecule has 0 spiro atoms. The number of rotatable bonds is 2. The van der Waals surface area contributed by atoms with Crippen molar-refractivity contribution in [1.29, 1.82) is 0 Å². The van der Waals surface area contributed by atoms with Crippen molar-refractivity contribution in [1.82, 2.24) is 0 Å². The van der Waals surface area contributed by atoms with Gasteiger partial charge < -0.3 is 15.8 Å². The molecule has 0 aliphatic carbocycles. The van der Waals surface area contributed by atoms with Crippen molar-refractivity contribution in [3.8, 4) is 0 Å². The molecule has 1 aromatic carbocycles. The molecule has 1 unspecified atom stereocenters. The minimum atomic E-state index is -4.43. The summed E-state index contributed by atoms with van der Waals surface area (Å²) >= 11 is 0. The topological polar surface area (TPSA) is 47.3 Å². The Balaban J connectivity index is 2.14. The van der Waals surface area contributed by atoms with E-state index in [1.165, 1.54) is 6.07 Å². The van der Waals surface area contributed by atoms with Crippen molar-refractivity contribution in [3.05, 3.63) is 23.8 Å². The Bertz CT molecular complexity index is 486. The van der Waals surface area contributed by atoms with Crippen LogP contribution in [-0.2, 0) is 10.9 Å². The van der Waals surface area contributed by atoms with Gasteiger partial charge >= 0.3 is 6.18 Å². The summed E-state index contributed by atoms with van der Waals surface area (Å²) in [5, 5.41) is 3.14. The van der Waals surface area contributed by atoms with E-state index in [0.29, 0.717) is 12.3 Å². The molecule has 1 atom stereocenters. The van der Waals surface area contributed by atoms with E-state index in [9.17, 15) is 13.2 Å². The van der Waals surface area contributed by atoms with Crippen LogP contribution in [0.4, 0.5) is 24.5 Å². The summed E-state index contributed by atoms with van der Waals surface area (Å²) in [6.45, 7) is 4.56. The van der Waals surface area contributed by atoms with Gasteiger partial charge in [0.05, 0.1) is 11.2 Å². The highest BCUT2D eigenvalue weighted by Gasteiger charge is 2.34. The maximum absolute atomic E-state index is 12.8. The molecule has 112 valence electrons. The Morgan fingerprint density at radius 3 is 2.65 bits per heavy atom. The number of nitrogens with one attached hydrogen (secondary N) is 1. The minimum Gasteiger partial charge on any atom is -0.398 e. The highest BCUT2D eigenvalue weighted by atomic mass is 19.4. The molecule has 1 heterocycles. The molecule has 1 aromatic rings. The van der Waals surface area contributed by atoms with Crippen molar-refractivity contribution in [2.45, 2.75) is 44.5 Å². The van der Waals surface area contributed by atoms with Gasteiger partial charge in [0, 0.05) is 24.0 Å². The molecular weight excluding hydrogens is 269 g/mol. The average molecular weight is 288 g/mol. The fourth-order valence-corrected chi connectivity index (χ4v) is 2.48. The van der Waals surface area contributed by atoms with Crippen LogP contribution in [-0.4, -0.2) is 18.2 Å². The Morgan fingerprint density at radius 1 is 1.35 bits per heavy atom. The fraction of sp³-hybridized carbons (Fsp3) is 0.571. The monoisotopic (exact) mass is 288 g/mol. The van der Waals surface area contributed by atoms with Crippen molar-refractivity contribution < 1.29 is 17.9 Å². The van der Waals surface area contributed by atoms with Gasteiger partial charge in [0.1, 0.15) is 0 Å². The molecule has 1 aliphatic rings. The standard InChI is InChI=1S/C14H19F3N2O/c1-13(2)8-10(5-6-20-13)19-9-3-4-12(18)11(7-9)14(15,16)17/h3-4,7,10,19H,5-6,8,18H2,1-2H3. The van der Waals surface area contributed by atoms with E-state index in [-0.39, 0.29) is 17.3 Å². The molecule has 0 amide bonds. The molecule has 1 aliphatic heterocycles. The first-order valence-electron chi connectivity index (χ1n) is 6.55. The molecule has 6 heteroatoms. The second-order valence-electron chi connectivity index (χ2n) is 5.74. The van der Waals surface area contributed by atoms with Crippen LogP contribution in [0, 0.1) is 0 Å². The van der Waals surface area contributed by atoms with Crippen LogP contribution in [0.2, 0.25) is 0 Å². The first kappa shape index (κ1) is 15.0. The summed E-state index contributed by atoms with van der Waals surface area (Å²) in [5.74, 6) is 0. The molecule has 0 aromatic heterocycles. The van der Waals surface area contributed by atoms with Crippen LogP contribution in [0.1, 0.15) is 32.3 Å². The maximum atomic E-state index is 12.8. The number of ether oxygens (including phenoxy) is 1. The molecule has 3 N–H and O–H groups in total. The molecule has 3 nitrogen and oxygen atoms in total. The number of anilines is 2. The molecular formula is C14H19F3N2O. The largest absolute Gasteiger partial charge is 0.418 e. The van der Waals surface area contributed by atoms with Gasteiger partial charge in [-0.15, -0.1) is 0 Å². The normalized spacial score (nSPS) is 22.6. The highest BCUT2D eigenvalue weighted by molar-refractivity contribution is 5.58. The zero-order valence-corrected chi connectivity index (χ0v) is 11.6. The highest BCUT2D eigenvalue weighted by Crippen LogP contribution is 2.36. The fourth-order valence-electron chi connectivity index (χ4n) is 2.48. The zero-order chi connectivity index (χ0) is 15.0. The summed E-state index contributed by atoms with van der Waals surface area (Å²) in [5.41, 5.74) is 4.52. The minimum absolute atomic E-state index is 0.100. The van der Waals surface area contributed by atoms with Crippen LogP contribution in [0.3, 0.4) is 0 Å². The number of hydrogen-bond donors (Lipinski definition) is 2. The number of nitrogens with two attached hydrogens (primary N) is 1. The van der Waals surface area contributed by atoms with Crippen LogP contribution in [0.25, 0.3) is 0 Å². The SMILES string of the molecule is CC1(C)CC(Nc2ccc(N)c(C(F)(F)F)c2)CCO1. The van der Waals surface area contributed by atoms with Gasteiger partial charge in [0.25, 0.3) is 0 Å². The van der Waals surface area contributed by atoms with Crippen LogP contribution < -0.4 is 11.1 Å². The van der Waals surface area contributed by atoms with Crippen molar-refractivity contribution in [3.63, 3.8) is 0 Å². The van der Waals surface area contributed by atoms with Gasteiger partial charge in [0.2, 0.25) is 0 Å². The lowest BCUT2D eigenvalue weighted by molar-refractivity contribution is -0.136.